The summed E-state index contributed by atoms with van der Waals surface area (Å²) in [5.41, 5.74) is 0. The quantitative estimate of drug-likeness (QED) is 0.590. The lowest BCUT2D eigenvalue weighted by Crippen LogP contribution is -2.41. The van der Waals surface area contributed by atoms with Gasteiger partial charge < -0.3 is 5.32 Å². The number of likely N-dealkylation sites (tertiary alicyclic amines) is 1. The minimum atomic E-state index is 0.224. The maximum atomic E-state index is 10.9. The van der Waals surface area contributed by atoms with Crippen molar-refractivity contribution in [1.82, 2.24) is 10.2 Å². The molecule has 0 spiro atoms. The molecule has 1 unspecified atom stereocenters. The molecule has 0 aromatic carbocycles. The Morgan fingerprint density at radius 3 is 2.64 bits per heavy atom. The van der Waals surface area contributed by atoms with Crippen LogP contribution in [0.3, 0.4) is 0 Å². The third kappa shape index (κ3) is 1.38. The van der Waals surface area contributed by atoms with Crippen LogP contribution in [0.1, 0.15) is 25.7 Å². The topological polar surface area (TPSA) is 32.3 Å². The zero-order chi connectivity index (χ0) is 7.68. The van der Waals surface area contributed by atoms with E-state index in [0.717, 1.165) is 12.8 Å². The van der Waals surface area contributed by atoms with Gasteiger partial charge in [-0.15, -0.1) is 0 Å². The first-order valence-corrected chi connectivity index (χ1v) is 4.40. The van der Waals surface area contributed by atoms with E-state index in [9.17, 15) is 4.79 Å². The monoisotopic (exact) mass is 154 g/mol. The van der Waals surface area contributed by atoms with E-state index >= 15 is 0 Å². The van der Waals surface area contributed by atoms with Crippen LogP contribution in [0.5, 0.6) is 0 Å². The number of rotatable bonds is 1. The highest BCUT2D eigenvalue weighted by molar-refractivity contribution is 5.78. The molecule has 11 heavy (non-hydrogen) atoms. The highest BCUT2D eigenvalue weighted by Crippen LogP contribution is 2.16. The lowest BCUT2D eigenvalue weighted by Gasteiger charge is -2.22. The van der Waals surface area contributed by atoms with Crippen LogP contribution >= 0.6 is 0 Å². The molecule has 0 aliphatic carbocycles. The van der Waals surface area contributed by atoms with Crippen LogP contribution in [0.2, 0.25) is 0 Å². The summed E-state index contributed by atoms with van der Waals surface area (Å²) in [6.07, 6.45) is 4.70. The Hall–Kier alpha value is -0.570. The predicted molar refractivity (Wildman–Crippen MR) is 42.0 cm³/mol. The second-order valence-corrected chi connectivity index (χ2v) is 3.37. The van der Waals surface area contributed by atoms with Crippen LogP contribution in [0.25, 0.3) is 0 Å². The van der Waals surface area contributed by atoms with E-state index in [-0.39, 0.29) is 5.91 Å². The molecule has 1 amide bonds. The number of hydrogen-bond acceptors (Lipinski definition) is 2. The molecule has 2 aliphatic heterocycles. The Bertz CT molecular complexity index is 163. The largest absolute Gasteiger partial charge is 0.341 e. The van der Waals surface area contributed by atoms with Crippen LogP contribution < -0.4 is 5.32 Å². The van der Waals surface area contributed by atoms with Crippen molar-refractivity contribution in [2.45, 2.75) is 31.8 Å². The molecule has 3 nitrogen and oxygen atoms in total. The van der Waals surface area contributed by atoms with Gasteiger partial charge in [0.05, 0.1) is 6.17 Å². The number of amides is 1. The molecule has 2 heterocycles. The molecule has 0 radical (unpaired) electrons. The lowest BCUT2D eigenvalue weighted by molar-refractivity contribution is -0.119. The predicted octanol–water partition coefficient (Wildman–Crippen LogP) is 0.318. The fraction of sp³-hybridized carbons (Fsp3) is 0.875. The summed E-state index contributed by atoms with van der Waals surface area (Å²) < 4.78 is 0. The Labute approximate surface area is 66.8 Å². The highest BCUT2D eigenvalue weighted by atomic mass is 16.2. The zero-order valence-corrected chi connectivity index (χ0v) is 6.68. The molecule has 2 fully saturated rings. The fourth-order valence-electron chi connectivity index (χ4n) is 1.93. The van der Waals surface area contributed by atoms with Gasteiger partial charge in [-0.3, -0.25) is 9.69 Å². The molecule has 2 rings (SSSR count). The van der Waals surface area contributed by atoms with Gasteiger partial charge in [-0.2, -0.15) is 0 Å². The molecule has 0 bridgehead atoms. The molecule has 1 atom stereocenters. The van der Waals surface area contributed by atoms with Crippen LogP contribution in [0.4, 0.5) is 0 Å². The highest BCUT2D eigenvalue weighted by Gasteiger charge is 2.27. The van der Waals surface area contributed by atoms with Gasteiger partial charge >= 0.3 is 0 Å². The van der Waals surface area contributed by atoms with Crippen LogP contribution in [0, 0.1) is 0 Å². The van der Waals surface area contributed by atoms with Crippen LogP contribution in [-0.2, 0) is 4.79 Å². The third-order valence-electron chi connectivity index (χ3n) is 2.55. The molecule has 3 heteroatoms. The van der Waals surface area contributed by atoms with Crippen molar-refractivity contribution in [2.75, 3.05) is 13.1 Å². The molecule has 2 saturated heterocycles. The number of nitrogens with zero attached hydrogens (tertiary/aromatic N) is 1. The van der Waals surface area contributed by atoms with Crippen LogP contribution in [-0.4, -0.2) is 30.1 Å². The summed E-state index contributed by atoms with van der Waals surface area (Å²) in [5, 5.41) is 2.98. The van der Waals surface area contributed by atoms with E-state index < -0.39 is 0 Å². The standard InChI is InChI=1S/C8H14N2O/c11-8-4-3-7(9-8)10-5-1-2-6-10/h7H,1-6H2,(H,9,11). The van der Waals surface area contributed by atoms with Gasteiger partial charge in [0.15, 0.2) is 0 Å². The number of carbonyl (C=O) groups is 1. The van der Waals surface area contributed by atoms with Gasteiger partial charge in [-0.1, -0.05) is 0 Å². The summed E-state index contributed by atoms with van der Waals surface area (Å²) in [5.74, 6) is 0.224. The van der Waals surface area contributed by atoms with Gasteiger partial charge in [-0.25, -0.2) is 0 Å². The van der Waals surface area contributed by atoms with Gasteiger partial charge in [0.2, 0.25) is 5.91 Å². The first kappa shape index (κ1) is 7.10. The molecule has 2 aliphatic rings. The van der Waals surface area contributed by atoms with E-state index in [1.54, 1.807) is 0 Å². The molecular formula is C8H14N2O. The Kier molecular flexibility index (Phi) is 1.82. The van der Waals surface area contributed by atoms with Crippen molar-refractivity contribution in [3.05, 3.63) is 0 Å². The van der Waals surface area contributed by atoms with E-state index in [4.69, 9.17) is 0 Å². The van der Waals surface area contributed by atoms with Gasteiger partial charge in [-0.05, 0) is 19.3 Å². The van der Waals surface area contributed by atoms with Gasteiger partial charge in [0.25, 0.3) is 0 Å². The number of carbonyl (C=O) groups excluding carboxylic acids is 1. The van der Waals surface area contributed by atoms with Crippen molar-refractivity contribution >= 4 is 5.91 Å². The van der Waals surface area contributed by atoms with E-state index in [1.165, 1.54) is 25.9 Å². The average Bonchev–Trinajstić information content (AvgIpc) is 2.55. The van der Waals surface area contributed by atoms with Crippen molar-refractivity contribution in [2.24, 2.45) is 0 Å². The normalized spacial score (nSPS) is 32.7. The summed E-state index contributed by atoms with van der Waals surface area (Å²) >= 11 is 0. The zero-order valence-electron chi connectivity index (χ0n) is 6.68. The summed E-state index contributed by atoms with van der Waals surface area (Å²) in [4.78, 5) is 13.3. The molecule has 1 N–H and O–H groups in total. The van der Waals surface area contributed by atoms with Crippen molar-refractivity contribution in [3.63, 3.8) is 0 Å². The third-order valence-corrected chi connectivity index (χ3v) is 2.55. The SMILES string of the molecule is O=C1CCC(N2CCCC2)N1. The second kappa shape index (κ2) is 2.81. The molecule has 0 aromatic heterocycles. The number of hydrogen-bond donors (Lipinski definition) is 1. The summed E-state index contributed by atoms with van der Waals surface area (Å²) in [6, 6.07) is 0. The molecular weight excluding hydrogens is 140 g/mol. The Morgan fingerprint density at radius 1 is 1.36 bits per heavy atom. The fourth-order valence-corrected chi connectivity index (χ4v) is 1.93. The van der Waals surface area contributed by atoms with E-state index in [2.05, 4.69) is 10.2 Å². The Morgan fingerprint density at radius 2 is 2.09 bits per heavy atom. The van der Waals surface area contributed by atoms with Gasteiger partial charge in [0.1, 0.15) is 0 Å². The number of nitrogens with one attached hydrogen (secondary N) is 1. The van der Waals surface area contributed by atoms with Crippen molar-refractivity contribution in [1.29, 1.82) is 0 Å². The lowest BCUT2D eigenvalue weighted by atomic mass is 10.3. The first-order valence-electron chi connectivity index (χ1n) is 4.40. The summed E-state index contributed by atoms with van der Waals surface area (Å²) in [6.45, 7) is 2.34. The van der Waals surface area contributed by atoms with E-state index in [0.29, 0.717) is 6.17 Å². The van der Waals surface area contributed by atoms with Gasteiger partial charge in [0, 0.05) is 19.5 Å². The molecule has 62 valence electrons. The minimum absolute atomic E-state index is 0.224. The first-order chi connectivity index (χ1) is 5.36. The van der Waals surface area contributed by atoms with E-state index in [1.807, 2.05) is 0 Å². The Balaban J connectivity index is 1.90. The summed E-state index contributed by atoms with van der Waals surface area (Å²) in [7, 11) is 0. The molecule has 0 saturated carbocycles. The van der Waals surface area contributed by atoms with Crippen LogP contribution in [0.15, 0.2) is 0 Å². The maximum Gasteiger partial charge on any atom is 0.221 e. The van der Waals surface area contributed by atoms with Crippen molar-refractivity contribution in [3.8, 4) is 0 Å². The second-order valence-electron chi connectivity index (χ2n) is 3.37. The molecule has 0 aromatic rings. The van der Waals surface area contributed by atoms with Crippen molar-refractivity contribution < 1.29 is 4.79 Å². The smallest absolute Gasteiger partial charge is 0.221 e. The average molecular weight is 154 g/mol. The maximum absolute atomic E-state index is 10.9. The minimum Gasteiger partial charge on any atom is -0.341 e.